The number of esters is 1. The SMILES string of the molecule is COc1ccc(C(OC[C@H]2O[C@@H](N3C=CCOC3)C[C@H]2OC(=O)CCC(C)=O)(c2ccccc2)c2ccc(OC)cc2)cc1. The molecule has 0 bridgehead atoms. The fraction of sp³-hybridized carbons (Fsp3) is 0.371. The van der Waals surface area contributed by atoms with Crippen LogP contribution in [0.2, 0.25) is 0 Å². The van der Waals surface area contributed by atoms with Crippen LogP contribution in [0.15, 0.2) is 91.1 Å². The number of hydrogen-bond donors (Lipinski definition) is 0. The lowest BCUT2D eigenvalue weighted by Gasteiger charge is -2.37. The smallest absolute Gasteiger partial charge is 0.306 e. The van der Waals surface area contributed by atoms with E-state index in [-0.39, 0.29) is 31.5 Å². The van der Waals surface area contributed by atoms with Gasteiger partial charge in [0.15, 0.2) is 0 Å². The summed E-state index contributed by atoms with van der Waals surface area (Å²) in [5.74, 6) is 0.942. The first-order valence-electron chi connectivity index (χ1n) is 14.8. The van der Waals surface area contributed by atoms with Crippen LogP contribution in [0.4, 0.5) is 0 Å². The van der Waals surface area contributed by atoms with Gasteiger partial charge in [-0.25, -0.2) is 0 Å². The Labute approximate surface area is 258 Å². The van der Waals surface area contributed by atoms with Crippen molar-refractivity contribution < 1.29 is 38.0 Å². The van der Waals surface area contributed by atoms with Crippen molar-refractivity contribution in [3.63, 3.8) is 0 Å². The third kappa shape index (κ3) is 7.13. The van der Waals surface area contributed by atoms with E-state index in [9.17, 15) is 9.59 Å². The van der Waals surface area contributed by atoms with E-state index in [4.69, 9.17) is 28.4 Å². The second-order valence-electron chi connectivity index (χ2n) is 10.8. The molecule has 44 heavy (non-hydrogen) atoms. The maximum atomic E-state index is 12.8. The molecule has 5 rings (SSSR count). The summed E-state index contributed by atoms with van der Waals surface area (Å²) < 4.78 is 36.0. The van der Waals surface area contributed by atoms with Gasteiger partial charge < -0.3 is 38.1 Å². The molecular formula is C35H39NO8. The Morgan fingerprint density at radius 2 is 1.48 bits per heavy atom. The molecule has 0 N–H and O–H groups in total. The number of ether oxygens (including phenoxy) is 6. The summed E-state index contributed by atoms with van der Waals surface area (Å²) in [4.78, 5) is 26.2. The van der Waals surface area contributed by atoms with E-state index < -0.39 is 23.8 Å². The Kier molecular flexibility index (Phi) is 10.3. The second-order valence-corrected chi connectivity index (χ2v) is 10.8. The lowest BCUT2D eigenvalue weighted by atomic mass is 9.80. The zero-order valence-corrected chi connectivity index (χ0v) is 25.3. The minimum atomic E-state index is -1.06. The van der Waals surface area contributed by atoms with Gasteiger partial charge in [0.25, 0.3) is 0 Å². The largest absolute Gasteiger partial charge is 0.497 e. The highest BCUT2D eigenvalue weighted by Gasteiger charge is 2.44. The molecule has 0 saturated carbocycles. The van der Waals surface area contributed by atoms with Gasteiger partial charge in [-0.05, 0) is 54.0 Å². The standard InChI is InChI=1S/C35H39NO8/c1-25(37)10-19-34(38)44-31-22-33(36-20-7-21-41-24-36)43-32(31)23-42-35(26-8-5-4-6-9-26,27-11-15-29(39-2)16-12-27)28-13-17-30(40-3)18-14-28/h4-9,11-18,20,31-33H,10,19,21-24H2,1-3H3/t31-,32-,33-/m1/s1. The van der Waals surface area contributed by atoms with Crippen molar-refractivity contribution in [3.05, 3.63) is 108 Å². The highest BCUT2D eigenvalue weighted by Crippen LogP contribution is 2.42. The Morgan fingerprint density at radius 3 is 2.02 bits per heavy atom. The van der Waals surface area contributed by atoms with E-state index in [0.717, 1.165) is 28.2 Å². The molecule has 0 aliphatic carbocycles. The fourth-order valence-corrected chi connectivity index (χ4v) is 5.59. The molecule has 232 valence electrons. The highest BCUT2D eigenvalue weighted by molar-refractivity contribution is 5.81. The normalized spacial score (nSPS) is 19.9. The maximum Gasteiger partial charge on any atom is 0.306 e. The first-order valence-corrected chi connectivity index (χ1v) is 14.8. The summed E-state index contributed by atoms with van der Waals surface area (Å²) in [5, 5.41) is 0. The van der Waals surface area contributed by atoms with Crippen LogP contribution in [-0.4, -0.2) is 69.3 Å². The number of ketones is 1. The Balaban J connectivity index is 1.51. The van der Waals surface area contributed by atoms with E-state index in [1.807, 2.05) is 96.0 Å². The first kappa shape index (κ1) is 31.3. The minimum Gasteiger partial charge on any atom is -0.497 e. The molecule has 0 radical (unpaired) electrons. The summed E-state index contributed by atoms with van der Waals surface area (Å²) in [7, 11) is 3.27. The molecule has 2 aliphatic heterocycles. The topological polar surface area (TPSA) is 92.8 Å². The van der Waals surface area contributed by atoms with Crippen molar-refractivity contribution >= 4 is 11.8 Å². The van der Waals surface area contributed by atoms with Crippen molar-refractivity contribution in [2.75, 3.05) is 34.2 Å². The molecule has 3 atom stereocenters. The van der Waals surface area contributed by atoms with Gasteiger partial charge >= 0.3 is 5.97 Å². The van der Waals surface area contributed by atoms with E-state index in [2.05, 4.69) is 0 Å². The Hall–Kier alpha value is -4.18. The molecule has 1 fully saturated rings. The van der Waals surface area contributed by atoms with Gasteiger partial charge in [-0.3, -0.25) is 4.79 Å². The molecule has 0 spiro atoms. The van der Waals surface area contributed by atoms with Crippen LogP contribution in [-0.2, 0) is 34.1 Å². The lowest BCUT2D eigenvalue weighted by molar-refractivity contribution is -0.157. The van der Waals surface area contributed by atoms with Gasteiger partial charge in [0.1, 0.15) is 48.0 Å². The van der Waals surface area contributed by atoms with Crippen molar-refractivity contribution in [1.82, 2.24) is 4.90 Å². The molecule has 3 aromatic rings. The number of carbonyl (C=O) groups excluding carboxylic acids is 2. The second kappa shape index (κ2) is 14.5. The first-order chi connectivity index (χ1) is 21.4. The number of hydrogen-bond acceptors (Lipinski definition) is 9. The molecule has 9 nitrogen and oxygen atoms in total. The average Bonchev–Trinajstić information content (AvgIpc) is 3.47. The number of Topliss-reactive ketones (excluding diaryl/α,β-unsaturated/α-hetero) is 1. The molecule has 0 amide bonds. The van der Waals surface area contributed by atoms with Gasteiger partial charge in [-0.15, -0.1) is 0 Å². The number of rotatable bonds is 13. The van der Waals surface area contributed by atoms with Crippen LogP contribution < -0.4 is 9.47 Å². The van der Waals surface area contributed by atoms with E-state index in [1.54, 1.807) is 14.2 Å². The molecular weight excluding hydrogens is 562 g/mol. The van der Waals surface area contributed by atoms with Crippen LogP contribution in [0.5, 0.6) is 11.5 Å². The summed E-state index contributed by atoms with van der Waals surface area (Å²) in [5.41, 5.74) is 1.61. The van der Waals surface area contributed by atoms with Crippen LogP contribution in [0, 0.1) is 0 Å². The van der Waals surface area contributed by atoms with E-state index in [1.165, 1.54) is 6.92 Å². The number of methoxy groups -OCH3 is 2. The molecule has 2 heterocycles. The maximum absolute atomic E-state index is 12.8. The predicted octanol–water partition coefficient (Wildman–Crippen LogP) is 5.21. The van der Waals surface area contributed by atoms with Crippen LogP contribution in [0.1, 0.15) is 42.9 Å². The summed E-state index contributed by atoms with van der Waals surface area (Å²) in [6.07, 6.45) is 2.88. The fourth-order valence-electron chi connectivity index (χ4n) is 5.59. The van der Waals surface area contributed by atoms with Crippen molar-refractivity contribution in [2.45, 2.75) is 50.2 Å². The monoisotopic (exact) mass is 601 g/mol. The lowest BCUT2D eigenvalue weighted by Crippen LogP contribution is -2.39. The Bertz CT molecular complexity index is 1360. The van der Waals surface area contributed by atoms with Crippen molar-refractivity contribution in [1.29, 1.82) is 0 Å². The molecule has 0 aromatic heterocycles. The molecule has 3 aromatic carbocycles. The van der Waals surface area contributed by atoms with E-state index >= 15 is 0 Å². The van der Waals surface area contributed by atoms with Crippen LogP contribution in [0.3, 0.4) is 0 Å². The van der Waals surface area contributed by atoms with Gasteiger partial charge in [0.05, 0.1) is 33.9 Å². The third-order valence-corrected chi connectivity index (χ3v) is 7.90. The van der Waals surface area contributed by atoms with Gasteiger partial charge in [0.2, 0.25) is 0 Å². The van der Waals surface area contributed by atoms with Crippen molar-refractivity contribution in [3.8, 4) is 11.5 Å². The zero-order chi connectivity index (χ0) is 30.9. The number of benzene rings is 3. The predicted molar refractivity (Wildman–Crippen MR) is 163 cm³/mol. The quantitative estimate of drug-likeness (QED) is 0.193. The molecule has 9 heteroatoms. The van der Waals surface area contributed by atoms with Crippen molar-refractivity contribution in [2.24, 2.45) is 0 Å². The van der Waals surface area contributed by atoms with Gasteiger partial charge in [-0.1, -0.05) is 54.6 Å². The van der Waals surface area contributed by atoms with Crippen LogP contribution >= 0.6 is 0 Å². The zero-order valence-electron chi connectivity index (χ0n) is 25.3. The minimum absolute atomic E-state index is 0.0163. The molecule has 0 unspecified atom stereocenters. The third-order valence-electron chi connectivity index (χ3n) is 7.90. The average molecular weight is 602 g/mol. The molecule has 1 saturated heterocycles. The summed E-state index contributed by atoms with van der Waals surface area (Å²) >= 11 is 0. The summed E-state index contributed by atoms with van der Waals surface area (Å²) in [6, 6.07) is 25.6. The summed E-state index contributed by atoms with van der Waals surface area (Å²) in [6.45, 7) is 2.46. The molecule has 2 aliphatic rings. The Morgan fingerprint density at radius 1 is 0.864 bits per heavy atom. The van der Waals surface area contributed by atoms with Gasteiger partial charge in [0, 0.05) is 19.0 Å². The highest BCUT2D eigenvalue weighted by atomic mass is 16.6. The number of carbonyl (C=O) groups is 2. The van der Waals surface area contributed by atoms with Crippen LogP contribution in [0.25, 0.3) is 0 Å². The number of nitrogens with zero attached hydrogens (tertiary/aromatic N) is 1. The van der Waals surface area contributed by atoms with Gasteiger partial charge in [-0.2, -0.15) is 0 Å². The van der Waals surface area contributed by atoms with E-state index in [0.29, 0.717) is 19.8 Å².